The number of aryl methyl sites for hydroxylation is 2. The predicted octanol–water partition coefficient (Wildman–Crippen LogP) is 3.17. The van der Waals surface area contributed by atoms with Crippen LogP contribution in [0.4, 0.5) is 0 Å². The summed E-state index contributed by atoms with van der Waals surface area (Å²) in [5.41, 5.74) is 6.67. The molecule has 0 amide bonds. The third kappa shape index (κ3) is 2.50. The van der Waals surface area contributed by atoms with Crippen LogP contribution in [0.5, 0.6) is 0 Å². The molecule has 0 saturated carbocycles. The van der Waals surface area contributed by atoms with Crippen molar-refractivity contribution in [2.24, 2.45) is 0 Å². The van der Waals surface area contributed by atoms with Gasteiger partial charge in [-0.05, 0) is 50.8 Å². The van der Waals surface area contributed by atoms with Crippen LogP contribution in [-0.4, -0.2) is 16.1 Å². The van der Waals surface area contributed by atoms with Gasteiger partial charge in [0.1, 0.15) is 0 Å². The van der Waals surface area contributed by atoms with Crippen LogP contribution in [0, 0.1) is 6.92 Å². The van der Waals surface area contributed by atoms with Crippen LogP contribution in [0.25, 0.3) is 5.69 Å². The van der Waals surface area contributed by atoms with Crippen molar-refractivity contribution in [1.82, 2.24) is 14.9 Å². The maximum Gasteiger partial charge on any atom is 0.0997 e. The number of hydrogen-bond donors (Lipinski definition) is 1. The minimum Gasteiger partial charge on any atom is -0.313 e. The molecule has 0 radical (unpaired) electrons. The van der Waals surface area contributed by atoms with Crippen LogP contribution in [0.3, 0.4) is 0 Å². The summed E-state index contributed by atoms with van der Waals surface area (Å²) in [7, 11) is 0. The van der Waals surface area contributed by atoms with Gasteiger partial charge in [0.15, 0.2) is 0 Å². The molecule has 1 heterocycles. The molecular formula is C17H23N3. The molecule has 20 heavy (non-hydrogen) atoms. The van der Waals surface area contributed by atoms with Gasteiger partial charge in [0.2, 0.25) is 0 Å². The molecule has 0 fully saturated rings. The van der Waals surface area contributed by atoms with Gasteiger partial charge in [-0.3, -0.25) is 0 Å². The lowest BCUT2D eigenvalue weighted by atomic mass is 10.0. The molecule has 3 nitrogen and oxygen atoms in total. The van der Waals surface area contributed by atoms with E-state index in [1.807, 2.05) is 6.33 Å². The Bertz CT molecular complexity index is 598. The van der Waals surface area contributed by atoms with Crippen molar-refractivity contribution in [2.45, 2.75) is 46.1 Å². The number of benzene rings is 1. The topological polar surface area (TPSA) is 29.9 Å². The van der Waals surface area contributed by atoms with E-state index in [2.05, 4.69) is 46.9 Å². The highest BCUT2D eigenvalue weighted by atomic mass is 15.1. The Labute approximate surface area is 121 Å². The van der Waals surface area contributed by atoms with Gasteiger partial charge in [0.25, 0.3) is 0 Å². The lowest BCUT2D eigenvalue weighted by Crippen LogP contribution is -2.15. The monoisotopic (exact) mass is 269 g/mol. The Morgan fingerprint density at radius 3 is 2.95 bits per heavy atom. The smallest absolute Gasteiger partial charge is 0.0997 e. The van der Waals surface area contributed by atoms with E-state index in [1.165, 1.54) is 41.0 Å². The predicted molar refractivity (Wildman–Crippen MR) is 82.3 cm³/mol. The maximum absolute atomic E-state index is 4.62. The maximum atomic E-state index is 4.62. The van der Waals surface area contributed by atoms with Crippen molar-refractivity contribution in [3.8, 4) is 5.69 Å². The van der Waals surface area contributed by atoms with Gasteiger partial charge in [0.05, 0.1) is 17.7 Å². The molecule has 2 aromatic rings. The highest BCUT2D eigenvalue weighted by molar-refractivity contribution is 5.45. The van der Waals surface area contributed by atoms with E-state index in [0.717, 1.165) is 25.9 Å². The van der Waals surface area contributed by atoms with Crippen molar-refractivity contribution >= 4 is 0 Å². The Hall–Kier alpha value is -1.61. The summed E-state index contributed by atoms with van der Waals surface area (Å²) in [5, 5.41) is 3.44. The Kier molecular flexibility index (Phi) is 3.88. The molecule has 1 aromatic carbocycles. The molecule has 0 atom stereocenters. The first-order valence-corrected chi connectivity index (χ1v) is 7.65. The normalized spacial score (nSPS) is 14.3. The molecule has 3 heteroatoms. The van der Waals surface area contributed by atoms with Crippen LogP contribution in [-0.2, 0) is 19.4 Å². The molecule has 0 spiro atoms. The van der Waals surface area contributed by atoms with E-state index in [1.54, 1.807) is 0 Å². The van der Waals surface area contributed by atoms with Crippen LogP contribution >= 0.6 is 0 Å². The van der Waals surface area contributed by atoms with Gasteiger partial charge in [-0.2, -0.15) is 0 Å². The fourth-order valence-electron chi connectivity index (χ4n) is 3.03. The van der Waals surface area contributed by atoms with Crippen LogP contribution in [0.1, 0.15) is 42.3 Å². The van der Waals surface area contributed by atoms with Gasteiger partial charge in [-0.15, -0.1) is 0 Å². The molecule has 1 aromatic heterocycles. The standard InChI is InChI=1S/C17H23N3/c1-3-18-11-14-10-13(2)8-9-16(14)20-12-19-15-6-4-5-7-17(15)20/h8-10,12,18H,3-7,11H2,1-2H3. The molecule has 1 aliphatic rings. The quantitative estimate of drug-likeness (QED) is 0.924. The van der Waals surface area contributed by atoms with Crippen molar-refractivity contribution in [2.75, 3.05) is 6.54 Å². The van der Waals surface area contributed by atoms with Crippen molar-refractivity contribution < 1.29 is 0 Å². The van der Waals surface area contributed by atoms with Gasteiger partial charge in [0, 0.05) is 12.2 Å². The summed E-state index contributed by atoms with van der Waals surface area (Å²) in [6, 6.07) is 6.71. The second kappa shape index (κ2) is 5.80. The number of imidazole rings is 1. The van der Waals surface area contributed by atoms with E-state index >= 15 is 0 Å². The fourth-order valence-corrected chi connectivity index (χ4v) is 3.03. The van der Waals surface area contributed by atoms with E-state index in [0.29, 0.717) is 0 Å². The lowest BCUT2D eigenvalue weighted by Gasteiger charge is -2.17. The third-order valence-electron chi connectivity index (χ3n) is 4.09. The highest BCUT2D eigenvalue weighted by Crippen LogP contribution is 2.25. The summed E-state index contributed by atoms with van der Waals surface area (Å²) >= 11 is 0. The highest BCUT2D eigenvalue weighted by Gasteiger charge is 2.17. The number of fused-ring (bicyclic) bond motifs is 1. The van der Waals surface area contributed by atoms with Crippen LogP contribution in [0.15, 0.2) is 24.5 Å². The van der Waals surface area contributed by atoms with E-state index < -0.39 is 0 Å². The average molecular weight is 269 g/mol. The third-order valence-corrected chi connectivity index (χ3v) is 4.09. The minimum absolute atomic E-state index is 0.917. The molecule has 106 valence electrons. The number of rotatable bonds is 4. The van der Waals surface area contributed by atoms with Crippen molar-refractivity contribution in [3.63, 3.8) is 0 Å². The molecule has 1 N–H and O–H groups in total. The number of nitrogens with zero attached hydrogens (tertiary/aromatic N) is 2. The summed E-state index contributed by atoms with van der Waals surface area (Å²) in [4.78, 5) is 4.62. The first-order valence-electron chi connectivity index (χ1n) is 7.65. The van der Waals surface area contributed by atoms with Gasteiger partial charge in [-0.1, -0.05) is 24.6 Å². The first kappa shape index (κ1) is 13.4. The first-order chi connectivity index (χ1) is 9.79. The Morgan fingerprint density at radius 2 is 2.10 bits per heavy atom. The number of aromatic nitrogens is 2. The van der Waals surface area contributed by atoms with Gasteiger partial charge >= 0.3 is 0 Å². The molecule has 0 aliphatic heterocycles. The van der Waals surface area contributed by atoms with Gasteiger partial charge < -0.3 is 9.88 Å². The summed E-state index contributed by atoms with van der Waals surface area (Å²) in [5.74, 6) is 0. The lowest BCUT2D eigenvalue weighted by molar-refractivity contribution is 0.653. The molecule has 0 bridgehead atoms. The summed E-state index contributed by atoms with van der Waals surface area (Å²) in [6.45, 7) is 6.22. The van der Waals surface area contributed by atoms with E-state index in [-0.39, 0.29) is 0 Å². The van der Waals surface area contributed by atoms with Crippen molar-refractivity contribution in [3.05, 3.63) is 47.0 Å². The zero-order valence-electron chi connectivity index (χ0n) is 12.4. The van der Waals surface area contributed by atoms with E-state index in [9.17, 15) is 0 Å². The van der Waals surface area contributed by atoms with Crippen LogP contribution < -0.4 is 5.32 Å². The zero-order valence-corrected chi connectivity index (χ0v) is 12.4. The Morgan fingerprint density at radius 1 is 1.25 bits per heavy atom. The molecule has 1 aliphatic carbocycles. The minimum atomic E-state index is 0.917. The fraction of sp³-hybridized carbons (Fsp3) is 0.471. The number of hydrogen-bond acceptors (Lipinski definition) is 2. The molecular weight excluding hydrogens is 246 g/mol. The molecule has 0 unspecified atom stereocenters. The zero-order chi connectivity index (χ0) is 13.9. The SMILES string of the molecule is CCNCc1cc(C)ccc1-n1cnc2c1CCCC2. The second-order valence-electron chi connectivity index (χ2n) is 5.63. The Balaban J connectivity index is 2.02. The summed E-state index contributed by atoms with van der Waals surface area (Å²) < 4.78 is 2.31. The van der Waals surface area contributed by atoms with Crippen molar-refractivity contribution in [1.29, 1.82) is 0 Å². The number of nitrogens with one attached hydrogen (secondary N) is 1. The van der Waals surface area contributed by atoms with Gasteiger partial charge in [-0.25, -0.2) is 4.98 Å². The van der Waals surface area contributed by atoms with E-state index in [4.69, 9.17) is 0 Å². The van der Waals surface area contributed by atoms with Crippen LogP contribution in [0.2, 0.25) is 0 Å². The average Bonchev–Trinajstić information content (AvgIpc) is 2.89. The molecule has 3 rings (SSSR count). The largest absolute Gasteiger partial charge is 0.313 e. The second-order valence-corrected chi connectivity index (χ2v) is 5.63. The summed E-state index contributed by atoms with van der Waals surface area (Å²) in [6.07, 6.45) is 6.87. The molecule has 0 saturated heterocycles.